The van der Waals surface area contributed by atoms with Gasteiger partial charge in [-0.25, -0.2) is 0 Å². The minimum atomic E-state index is 0.213. The van der Waals surface area contributed by atoms with Crippen LogP contribution in [-0.2, 0) is 4.74 Å². The van der Waals surface area contributed by atoms with Crippen LogP contribution >= 0.6 is 11.8 Å². The summed E-state index contributed by atoms with van der Waals surface area (Å²) in [5.74, 6) is 2.55. The fourth-order valence-electron chi connectivity index (χ4n) is 2.99. The Kier molecular flexibility index (Phi) is 5.15. The molecule has 100 valence electrons. The van der Waals surface area contributed by atoms with Crippen molar-refractivity contribution in [3.05, 3.63) is 0 Å². The topological polar surface area (TPSA) is 38.5 Å². The SMILES string of the molecule is CN(CCCN)C1CCOC2(CCSCC2)C1. The van der Waals surface area contributed by atoms with Crippen molar-refractivity contribution < 1.29 is 4.74 Å². The third kappa shape index (κ3) is 3.60. The number of nitrogens with zero attached hydrogens (tertiary/aromatic N) is 1. The first-order chi connectivity index (χ1) is 8.26. The molecular weight excluding hydrogens is 232 g/mol. The van der Waals surface area contributed by atoms with Crippen LogP contribution in [0.2, 0.25) is 0 Å². The number of hydrogen-bond acceptors (Lipinski definition) is 4. The molecule has 0 aromatic heterocycles. The molecule has 3 nitrogen and oxygen atoms in total. The first kappa shape index (κ1) is 13.7. The molecule has 0 aliphatic carbocycles. The zero-order valence-electron chi connectivity index (χ0n) is 11.0. The number of rotatable bonds is 4. The van der Waals surface area contributed by atoms with E-state index in [1.54, 1.807) is 0 Å². The van der Waals surface area contributed by atoms with Crippen molar-refractivity contribution in [1.29, 1.82) is 0 Å². The second-order valence-electron chi connectivity index (χ2n) is 5.41. The minimum Gasteiger partial charge on any atom is -0.375 e. The van der Waals surface area contributed by atoms with Gasteiger partial charge in [-0.05, 0) is 63.7 Å². The summed E-state index contributed by atoms with van der Waals surface area (Å²) in [7, 11) is 2.25. The molecule has 0 amide bonds. The van der Waals surface area contributed by atoms with Crippen LogP contribution in [0.1, 0.15) is 32.1 Å². The van der Waals surface area contributed by atoms with Crippen LogP contribution < -0.4 is 5.73 Å². The van der Waals surface area contributed by atoms with E-state index in [0.29, 0.717) is 6.04 Å². The van der Waals surface area contributed by atoms with Gasteiger partial charge in [0.25, 0.3) is 0 Å². The molecule has 2 aliphatic heterocycles. The van der Waals surface area contributed by atoms with E-state index in [1.807, 2.05) is 0 Å². The monoisotopic (exact) mass is 258 g/mol. The Balaban J connectivity index is 1.87. The van der Waals surface area contributed by atoms with Crippen molar-refractivity contribution in [3.8, 4) is 0 Å². The van der Waals surface area contributed by atoms with Crippen LogP contribution in [0, 0.1) is 0 Å². The van der Waals surface area contributed by atoms with Crippen molar-refractivity contribution in [3.63, 3.8) is 0 Å². The van der Waals surface area contributed by atoms with Crippen LogP contribution in [0.3, 0.4) is 0 Å². The van der Waals surface area contributed by atoms with Crippen LogP contribution in [0.25, 0.3) is 0 Å². The van der Waals surface area contributed by atoms with Gasteiger partial charge in [-0.1, -0.05) is 0 Å². The summed E-state index contributed by atoms with van der Waals surface area (Å²) < 4.78 is 6.13. The second-order valence-corrected chi connectivity index (χ2v) is 6.64. The van der Waals surface area contributed by atoms with Crippen LogP contribution in [-0.4, -0.2) is 54.8 Å². The van der Waals surface area contributed by atoms with Gasteiger partial charge in [-0.15, -0.1) is 0 Å². The molecule has 17 heavy (non-hydrogen) atoms. The Morgan fingerprint density at radius 3 is 2.88 bits per heavy atom. The normalized spacial score (nSPS) is 28.8. The van der Waals surface area contributed by atoms with Gasteiger partial charge in [0.2, 0.25) is 0 Å². The van der Waals surface area contributed by atoms with Gasteiger partial charge >= 0.3 is 0 Å². The first-order valence-electron chi connectivity index (χ1n) is 6.88. The summed E-state index contributed by atoms with van der Waals surface area (Å²) in [4.78, 5) is 2.50. The summed E-state index contributed by atoms with van der Waals surface area (Å²) in [6, 6.07) is 0.707. The standard InChI is InChI=1S/C13H26N2OS/c1-15(7-2-6-14)12-3-8-16-13(11-12)4-9-17-10-5-13/h12H,2-11,14H2,1H3. The highest BCUT2D eigenvalue weighted by Crippen LogP contribution is 2.38. The van der Waals surface area contributed by atoms with Crippen LogP contribution in [0.15, 0.2) is 0 Å². The highest BCUT2D eigenvalue weighted by atomic mass is 32.2. The minimum absolute atomic E-state index is 0.213. The summed E-state index contributed by atoms with van der Waals surface area (Å²) >= 11 is 2.08. The van der Waals surface area contributed by atoms with E-state index in [0.717, 1.165) is 26.1 Å². The molecule has 0 bridgehead atoms. The van der Waals surface area contributed by atoms with E-state index in [4.69, 9.17) is 10.5 Å². The third-order valence-corrected chi connectivity index (χ3v) is 5.19. The van der Waals surface area contributed by atoms with E-state index in [-0.39, 0.29) is 5.60 Å². The predicted octanol–water partition coefficient (Wildman–Crippen LogP) is 1.71. The van der Waals surface area contributed by atoms with E-state index >= 15 is 0 Å². The molecule has 0 radical (unpaired) electrons. The first-order valence-corrected chi connectivity index (χ1v) is 8.03. The lowest BCUT2D eigenvalue weighted by atomic mass is 9.85. The fraction of sp³-hybridized carbons (Fsp3) is 1.00. The average Bonchev–Trinajstić information content (AvgIpc) is 2.37. The van der Waals surface area contributed by atoms with Gasteiger partial charge in [-0.3, -0.25) is 0 Å². The smallest absolute Gasteiger partial charge is 0.0713 e. The maximum atomic E-state index is 6.13. The number of hydrogen-bond donors (Lipinski definition) is 1. The molecule has 2 fully saturated rings. The molecular formula is C13H26N2OS. The second kappa shape index (κ2) is 6.41. The summed E-state index contributed by atoms with van der Waals surface area (Å²) in [5.41, 5.74) is 5.80. The van der Waals surface area contributed by atoms with Gasteiger partial charge < -0.3 is 15.4 Å². The molecule has 2 N–H and O–H groups in total. The molecule has 2 aliphatic rings. The van der Waals surface area contributed by atoms with Crippen LogP contribution in [0.5, 0.6) is 0 Å². The summed E-state index contributed by atoms with van der Waals surface area (Å²) in [5, 5.41) is 0. The van der Waals surface area contributed by atoms with Gasteiger partial charge in [0, 0.05) is 12.6 Å². The van der Waals surface area contributed by atoms with Crippen LogP contribution in [0.4, 0.5) is 0 Å². The Hall–Kier alpha value is 0.230. The van der Waals surface area contributed by atoms with E-state index in [9.17, 15) is 0 Å². The van der Waals surface area contributed by atoms with E-state index in [2.05, 4.69) is 23.7 Å². The Labute approximate surface area is 109 Å². The summed E-state index contributed by atoms with van der Waals surface area (Å²) in [6.07, 6.45) is 6.03. The number of ether oxygens (including phenoxy) is 1. The molecule has 0 aromatic rings. The lowest BCUT2D eigenvalue weighted by molar-refractivity contribution is -0.107. The average molecular weight is 258 g/mol. The van der Waals surface area contributed by atoms with Crippen molar-refractivity contribution >= 4 is 11.8 Å². The zero-order valence-corrected chi connectivity index (χ0v) is 11.8. The predicted molar refractivity (Wildman–Crippen MR) is 74.6 cm³/mol. The molecule has 4 heteroatoms. The molecule has 1 unspecified atom stereocenters. The van der Waals surface area contributed by atoms with Gasteiger partial charge in [0.15, 0.2) is 0 Å². The molecule has 2 heterocycles. The highest BCUT2D eigenvalue weighted by Gasteiger charge is 2.39. The van der Waals surface area contributed by atoms with Crippen molar-refractivity contribution in [2.45, 2.75) is 43.7 Å². The Bertz CT molecular complexity index is 226. The molecule has 0 saturated carbocycles. The van der Waals surface area contributed by atoms with Crippen molar-refractivity contribution in [2.24, 2.45) is 5.73 Å². The molecule has 0 aromatic carbocycles. The largest absolute Gasteiger partial charge is 0.375 e. The Morgan fingerprint density at radius 2 is 2.18 bits per heavy atom. The maximum absolute atomic E-state index is 6.13. The Morgan fingerprint density at radius 1 is 1.41 bits per heavy atom. The molecule has 1 spiro atoms. The number of thioether (sulfide) groups is 1. The van der Waals surface area contributed by atoms with Crippen molar-refractivity contribution in [1.82, 2.24) is 4.90 Å². The van der Waals surface area contributed by atoms with Crippen molar-refractivity contribution in [2.75, 3.05) is 38.2 Å². The molecule has 2 saturated heterocycles. The molecule has 2 rings (SSSR count). The zero-order chi connectivity index (χ0) is 12.1. The summed E-state index contributed by atoms with van der Waals surface area (Å²) in [6.45, 7) is 2.88. The quantitative estimate of drug-likeness (QED) is 0.833. The van der Waals surface area contributed by atoms with E-state index in [1.165, 1.54) is 37.2 Å². The van der Waals surface area contributed by atoms with Gasteiger partial charge in [0.05, 0.1) is 5.60 Å². The van der Waals surface area contributed by atoms with Gasteiger partial charge in [0.1, 0.15) is 0 Å². The highest BCUT2D eigenvalue weighted by molar-refractivity contribution is 7.99. The fourth-order valence-corrected chi connectivity index (χ4v) is 4.23. The molecule has 1 atom stereocenters. The van der Waals surface area contributed by atoms with E-state index < -0.39 is 0 Å². The maximum Gasteiger partial charge on any atom is 0.0713 e. The van der Waals surface area contributed by atoms with Gasteiger partial charge in [-0.2, -0.15) is 11.8 Å². The number of nitrogens with two attached hydrogens (primary N) is 1. The third-order valence-electron chi connectivity index (χ3n) is 4.21. The lowest BCUT2D eigenvalue weighted by Gasteiger charge is -2.45. The lowest BCUT2D eigenvalue weighted by Crippen LogP contribution is -2.49.